The van der Waals surface area contributed by atoms with Crippen LogP contribution in [0.4, 0.5) is 5.69 Å². The molecule has 1 heterocycles. The second-order valence-electron chi connectivity index (χ2n) is 3.82. The van der Waals surface area contributed by atoms with Crippen molar-refractivity contribution in [2.75, 3.05) is 4.72 Å². The van der Waals surface area contributed by atoms with Crippen LogP contribution < -0.4 is 9.44 Å². The molecule has 1 aliphatic rings. The molecule has 8 nitrogen and oxygen atoms in total. The van der Waals surface area contributed by atoms with E-state index in [2.05, 4.69) is 14.5 Å². The number of anilines is 1. The van der Waals surface area contributed by atoms with Gasteiger partial charge in [-0.05, 0) is 12.8 Å². The minimum atomic E-state index is -3.59. The van der Waals surface area contributed by atoms with Gasteiger partial charge in [0.25, 0.3) is 10.2 Å². The Hall–Kier alpha value is -1.61. The van der Waals surface area contributed by atoms with Gasteiger partial charge in [0.15, 0.2) is 0 Å². The van der Waals surface area contributed by atoms with E-state index < -0.39 is 16.2 Å². The fourth-order valence-electron chi connectivity index (χ4n) is 1.25. The maximum absolute atomic E-state index is 11.5. The predicted octanol–water partition coefficient (Wildman–Crippen LogP) is -0.624. The fraction of sp³-hybridized carbons (Fsp3) is 0.500. The van der Waals surface area contributed by atoms with E-state index in [0.29, 0.717) is 0 Å². The summed E-state index contributed by atoms with van der Waals surface area (Å²) in [4.78, 5) is 10.4. The summed E-state index contributed by atoms with van der Waals surface area (Å²) in [5.41, 5.74) is 0.236. The molecule has 0 spiro atoms. The van der Waals surface area contributed by atoms with Crippen LogP contribution in [0.25, 0.3) is 0 Å². The largest absolute Gasteiger partial charge is 0.480 e. The van der Waals surface area contributed by atoms with Crippen LogP contribution in [0.5, 0.6) is 0 Å². The lowest BCUT2D eigenvalue weighted by Crippen LogP contribution is -2.31. The molecule has 3 N–H and O–H groups in total. The van der Waals surface area contributed by atoms with Crippen molar-refractivity contribution in [2.45, 2.75) is 25.4 Å². The highest BCUT2D eigenvalue weighted by Crippen LogP contribution is 2.20. The molecule has 1 aromatic heterocycles. The third-order valence-corrected chi connectivity index (χ3v) is 3.23. The molecule has 1 aliphatic carbocycles. The smallest absolute Gasteiger partial charge is 0.325 e. The Labute approximate surface area is 97.8 Å². The lowest BCUT2D eigenvalue weighted by Gasteiger charge is -2.05. The quantitative estimate of drug-likeness (QED) is 0.630. The SMILES string of the molecule is O=C(O)Cn1cc(NS(=O)(=O)NC2CC2)cn1. The van der Waals surface area contributed by atoms with Crippen LogP contribution >= 0.6 is 0 Å². The Bertz CT molecular complexity index is 519. The van der Waals surface area contributed by atoms with E-state index in [9.17, 15) is 13.2 Å². The van der Waals surface area contributed by atoms with E-state index in [0.717, 1.165) is 17.5 Å². The van der Waals surface area contributed by atoms with Crippen molar-refractivity contribution < 1.29 is 18.3 Å². The minimum absolute atomic E-state index is 0.0153. The summed E-state index contributed by atoms with van der Waals surface area (Å²) in [7, 11) is -3.59. The van der Waals surface area contributed by atoms with E-state index in [1.54, 1.807) is 0 Å². The first-order valence-electron chi connectivity index (χ1n) is 4.99. The molecular formula is C8H12N4O4S. The van der Waals surface area contributed by atoms with E-state index in [1.165, 1.54) is 12.4 Å². The third-order valence-electron chi connectivity index (χ3n) is 2.08. The first-order chi connectivity index (χ1) is 7.94. The molecule has 0 atom stereocenters. The molecule has 0 unspecified atom stereocenters. The fourth-order valence-corrected chi connectivity index (χ4v) is 2.40. The maximum atomic E-state index is 11.5. The summed E-state index contributed by atoms with van der Waals surface area (Å²) in [6, 6.07) is 0.0153. The molecule has 9 heteroatoms. The van der Waals surface area contributed by atoms with E-state index >= 15 is 0 Å². The normalized spacial score (nSPS) is 15.8. The average Bonchev–Trinajstić information content (AvgIpc) is 2.86. The highest BCUT2D eigenvalue weighted by atomic mass is 32.2. The van der Waals surface area contributed by atoms with Gasteiger partial charge in [0.1, 0.15) is 6.54 Å². The maximum Gasteiger partial charge on any atom is 0.325 e. The topological polar surface area (TPSA) is 113 Å². The van der Waals surface area contributed by atoms with Crippen LogP contribution in [0.2, 0.25) is 0 Å². The lowest BCUT2D eigenvalue weighted by molar-refractivity contribution is -0.137. The number of hydrogen-bond acceptors (Lipinski definition) is 4. The second-order valence-corrected chi connectivity index (χ2v) is 5.26. The Morgan fingerprint density at radius 1 is 1.59 bits per heavy atom. The van der Waals surface area contributed by atoms with Gasteiger partial charge in [0.2, 0.25) is 0 Å². The van der Waals surface area contributed by atoms with Crippen molar-refractivity contribution in [3.05, 3.63) is 12.4 Å². The van der Waals surface area contributed by atoms with Crippen molar-refractivity contribution in [1.82, 2.24) is 14.5 Å². The van der Waals surface area contributed by atoms with Crippen molar-refractivity contribution in [3.63, 3.8) is 0 Å². The summed E-state index contributed by atoms with van der Waals surface area (Å²) in [6.45, 7) is -0.308. The summed E-state index contributed by atoms with van der Waals surface area (Å²) in [6.07, 6.45) is 4.27. The lowest BCUT2D eigenvalue weighted by atomic mass is 10.6. The van der Waals surface area contributed by atoms with E-state index in [4.69, 9.17) is 5.11 Å². The van der Waals surface area contributed by atoms with Gasteiger partial charge in [-0.2, -0.15) is 18.2 Å². The minimum Gasteiger partial charge on any atom is -0.480 e. The van der Waals surface area contributed by atoms with Crippen molar-refractivity contribution >= 4 is 21.9 Å². The number of hydrogen-bond donors (Lipinski definition) is 3. The zero-order valence-corrected chi connectivity index (χ0v) is 9.64. The Morgan fingerprint density at radius 3 is 2.88 bits per heavy atom. The molecule has 0 saturated heterocycles. The van der Waals surface area contributed by atoms with Crippen LogP contribution in [0.15, 0.2) is 12.4 Å². The number of nitrogens with zero attached hydrogens (tertiary/aromatic N) is 2. The Kier molecular flexibility index (Phi) is 3.03. The molecule has 0 aliphatic heterocycles. The highest BCUT2D eigenvalue weighted by Gasteiger charge is 2.26. The van der Waals surface area contributed by atoms with Crippen LogP contribution in [0.1, 0.15) is 12.8 Å². The molecule has 0 radical (unpaired) electrons. The Morgan fingerprint density at radius 2 is 2.29 bits per heavy atom. The van der Waals surface area contributed by atoms with Crippen LogP contribution in [0.3, 0.4) is 0 Å². The van der Waals surface area contributed by atoms with E-state index in [1.807, 2.05) is 0 Å². The molecule has 1 saturated carbocycles. The molecule has 1 fully saturated rings. The molecule has 0 bridgehead atoms. The summed E-state index contributed by atoms with van der Waals surface area (Å²) >= 11 is 0. The third kappa shape index (κ3) is 3.71. The molecule has 17 heavy (non-hydrogen) atoms. The van der Waals surface area contributed by atoms with Crippen LogP contribution in [-0.4, -0.2) is 35.3 Å². The van der Waals surface area contributed by atoms with Crippen LogP contribution in [0, 0.1) is 0 Å². The first kappa shape index (κ1) is 11.9. The average molecular weight is 260 g/mol. The van der Waals surface area contributed by atoms with Gasteiger partial charge in [-0.3, -0.25) is 14.2 Å². The summed E-state index contributed by atoms with van der Waals surface area (Å²) < 4.78 is 28.9. The number of carboxylic acid groups (broad SMARTS) is 1. The number of aromatic nitrogens is 2. The molecule has 0 amide bonds. The molecule has 0 aromatic carbocycles. The monoisotopic (exact) mass is 260 g/mol. The number of carboxylic acids is 1. The van der Waals surface area contributed by atoms with Crippen molar-refractivity contribution in [2.24, 2.45) is 0 Å². The molecule has 1 aromatic rings. The molecule has 94 valence electrons. The predicted molar refractivity (Wildman–Crippen MR) is 58.6 cm³/mol. The highest BCUT2D eigenvalue weighted by molar-refractivity contribution is 7.90. The summed E-state index contributed by atoms with van der Waals surface area (Å²) in [5.74, 6) is -1.04. The van der Waals surface area contributed by atoms with Crippen molar-refractivity contribution in [1.29, 1.82) is 0 Å². The van der Waals surface area contributed by atoms with Gasteiger partial charge in [0.05, 0.1) is 11.9 Å². The first-order valence-corrected chi connectivity index (χ1v) is 6.47. The summed E-state index contributed by atoms with van der Waals surface area (Å²) in [5, 5.41) is 12.2. The van der Waals surface area contributed by atoms with Gasteiger partial charge in [-0.15, -0.1) is 0 Å². The van der Waals surface area contributed by atoms with Crippen LogP contribution in [-0.2, 0) is 21.5 Å². The number of rotatable bonds is 6. The number of nitrogens with one attached hydrogen (secondary N) is 2. The standard InChI is InChI=1S/C8H12N4O4S/c13-8(14)5-12-4-7(3-9-12)11-17(15,16)10-6-1-2-6/h3-4,6,10-11H,1-2,5H2,(H,13,14). The van der Waals surface area contributed by atoms with Gasteiger partial charge < -0.3 is 5.11 Å². The van der Waals surface area contributed by atoms with E-state index in [-0.39, 0.29) is 18.3 Å². The zero-order chi connectivity index (χ0) is 12.5. The number of aliphatic carboxylic acids is 1. The van der Waals surface area contributed by atoms with Gasteiger partial charge in [-0.1, -0.05) is 0 Å². The zero-order valence-electron chi connectivity index (χ0n) is 8.83. The van der Waals surface area contributed by atoms with Gasteiger partial charge >= 0.3 is 5.97 Å². The van der Waals surface area contributed by atoms with Crippen molar-refractivity contribution in [3.8, 4) is 0 Å². The molecular weight excluding hydrogens is 248 g/mol. The molecule has 2 rings (SSSR count). The Balaban J connectivity index is 1.97. The van der Waals surface area contributed by atoms with Gasteiger partial charge in [-0.25, -0.2) is 0 Å². The second kappa shape index (κ2) is 4.34. The number of carbonyl (C=O) groups is 1. The van der Waals surface area contributed by atoms with Gasteiger partial charge in [0, 0.05) is 12.2 Å².